The Morgan fingerprint density at radius 2 is 1.90 bits per heavy atom. The topological polar surface area (TPSA) is 80.3 Å². The average molecular weight is 350 g/mol. The Hall–Kier alpha value is -0.890. The van der Waals surface area contributed by atoms with Gasteiger partial charge in [-0.15, -0.1) is 0 Å². The third kappa shape index (κ3) is 4.81. The molecular formula is C13H16ClNO4S2. The molecule has 0 amide bonds. The molecule has 1 unspecified atom stereocenters. The number of halogens is 1. The molecule has 1 N–H and O–H groups in total. The predicted molar refractivity (Wildman–Crippen MR) is 84.2 cm³/mol. The highest BCUT2D eigenvalue weighted by Crippen LogP contribution is 2.24. The summed E-state index contributed by atoms with van der Waals surface area (Å²) in [4.78, 5) is 0. The summed E-state index contributed by atoms with van der Waals surface area (Å²) < 4.78 is 49.5. The standard InChI is InChI=1S/C13H16ClNO4S2/c1-13(7-9-20(16,17)10-13)15-21(18,19)8-6-11-2-4-12(14)5-3-11/h2-6,8,15H,7,9-10H2,1H3. The van der Waals surface area contributed by atoms with Crippen LogP contribution >= 0.6 is 11.6 Å². The third-order valence-corrected chi connectivity index (χ3v) is 6.63. The molecule has 1 heterocycles. The fraction of sp³-hybridized carbons (Fsp3) is 0.385. The van der Waals surface area contributed by atoms with Crippen LogP contribution in [0.2, 0.25) is 5.02 Å². The zero-order valence-corrected chi connectivity index (χ0v) is 13.8. The van der Waals surface area contributed by atoms with Crippen LogP contribution in [0.3, 0.4) is 0 Å². The van der Waals surface area contributed by atoms with Crippen LogP contribution in [0.25, 0.3) is 6.08 Å². The van der Waals surface area contributed by atoms with E-state index in [9.17, 15) is 16.8 Å². The molecule has 1 aromatic rings. The molecule has 1 aliphatic rings. The Morgan fingerprint density at radius 3 is 2.43 bits per heavy atom. The highest BCUT2D eigenvalue weighted by atomic mass is 35.5. The van der Waals surface area contributed by atoms with Crippen molar-refractivity contribution in [1.29, 1.82) is 0 Å². The van der Waals surface area contributed by atoms with E-state index in [-0.39, 0.29) is 17.9 Å². The van der Waals surface area contributed by atoms with Gasteiger partial charge in [0.25, 0.3) is 0 Å². The van der Waals surface area contributed by atoms with Crippen molar-refractivity contribution in [1.82, 2.24) is 4.72 Å². The average Bonchev–Trinajstić information content (AvgIpc) is 2.61. The van der Waals surface area contributed by atoms with Crippen LogP contribution in [-0.4, -0.2) is 33.9 Å². The Kier molecular flexibility index (Phi) is 4.49. The second-order valence-corrected chi connectivity index (χ2v) is 9.59. The summed E-state index contributed by atoms with van der Waals surface area (Å²) in [6, 6.07) is 6.70. The Labute approximate surface area is 130 Å². The summed E-state index contributed by atoms with van der Waals surface area (Å²) in [5.41, 5.74) is -0.254. The second kappa shape index (κ2) is 5.72. The summed E-state index contributed by atoms with van der Waals surface area (Å²) in [5, 5.41) is 1.60. The zero-order chi connectivity index (χ0) is 15.7. The summed E-state index contributed by atoms with van der Waals surface area (Å²) in [6.45, 7) is 1.60. The van der Waals surface area contributed by atoms with Gasteiger partial charge in [-0.2, -0.15) is 0 Å². The van der Waals surface area contributed by atoms with Gasteiger partial charge in [-0.05, 0) is 37.1 Å². The SMILES string of the molecule is CC1(NS(=O)(=O)C=Cc2ccc(Cl)cc2)CCS(=O)(=O)C1. The first kappa shape index (κ1) is 16.5. The second-order valence-electron chi connectivity index (χ2n) is 5.40. The van der Waals surface area contributed by atoms with Gasteiger partial charge in [-0.1, -0.05) is 23.7 Å². The quantitative estimate of drug-likeness (QED) is 0.898. The van der Waals surface area contributed by atoms with Crippen molar-refractivity contribution < 1.29 is 16.8 Å². The van der Waals surface area contributed by atoms with Gasteiger partial charge in [0.2, 0.25) is 10.0 Å². The van der Waals surface area contributed by atoms with Gasteiger partial charge in [0.1, 0.15) is 0 Å². The lowest BCUT2D eigenvalue weighted by atomic mass is 10.0. The highest BCUT2D eigenvalue weighted by Gasteiger charge is 2.40. The first-order chi connectivity index (χ1) is 9.59. The number of rotatable bonds is 4. The minimum absolute atomic E-state index is 0.00686. The first-order valence-corrected chi connectivity index (χ1v) is 10.0. The molecule has 116 valence electrons. The molecule has 0 bridgehead atoms. The molecule has 2 rings (SSSR count). The van der Waals surface area contributed by atoms with E-state index in [0.29, 0.717) is 10.6 Å². The van der Waals surface area contributed by atoms with Gasteiger partial charge in [-0.25, -0.2) is 21.6 Å². The maximum Gasteiger partial charge on any atom is 0.234 e. The molecule has 5 nitrogen and oxygen atoms in total. The van der Waals surface area contributed by atoms with E-state index >= 15 is 0 Å². The van der Waals surface area contributed by atoms with Crippen LogP contribution in [0.5, 0.6) is 0 Å². The van der Waals surface area contributed by atoms with Crippen LogP contribution in [0.4, 0.5) is 0 Å². The monoisotopic (exact) mass is 349 g/mol. The molecule has 1 fully saturated rings. The molecule has 1 atom stereocenters. The van der Waals surface area contributed by atoms with Gasteiger partial charge in [0, 0.05) is 16.0 Å². The summed E-state index contributed by atoms with van der Waals surface area (Å²) in [5.74, 6) is -0.166. The summed E-state index contributed by atoms with van der Waals surface area (Å²) in [7, 11) is -6.87. The fourth-order valence-electron chi connectivity index (χ4n) is 2.21. The lowest BCUT2D eigenvalue weighted by Crippen LogP contribution is -2.45. The van der Waals surface area contributed by atoms with E-state index in [1.54, 1.807) is 31.2 Å². The molecule has 0 spiro atoms. The minimum Gasteiger partial charge on any atom is -0.229 e. The van der Waals surface area contributed by atoms with Crippen LogP contribution in [0.1, 0.15) is 18.9 Å². The van der Waals surface area contributed by atoms with Gasteiger partial charge in [-0.3, -0.25) is 0 Å². The molecular weight excluding hydrogens is 334 g/mol. The van der Waals surface area contributed by atoms with E-state index in [1.165, 1.54) is 6.08 Å². The van der Waals surface area contributed by atoms with Crippen LogP contribution in [0.15, 0.2) is 29.7 Å². The number of nitrogens with one attached hydrogen (secondary N) is 1. The number of benzene rings is 1. The number of hydrogen-bond acceptors (Lipinski definition) is 4. The van der Waals surface area contributed by atoms with Gasteiger partial charge in [0.15, 0.2) is 9.84 Å². The van der Waals surface area contributed by atoms with Crippen LogP contribution in [-0.2, 0) is 19.9 Å². The van der Waals surface area contributed by atoms with Crippen molar-refractivity contribution in [2.75, 3.05) is 11.5 Å². The number of hydrogen-bond donors (Lipinski definition) is 1. The largest absolute Gasteiger partial charge is 0.234 e. The lowest BCUT2D eigenvalue weighted by Gasteiger charge is -2.22. The molecule has 21 heavy (non-hydrogen) atoms. The summed E-state index contributed by atoms with van der Waals surface area (Å²) in [6.07, 6.45) is 1.72. The lowest BCUT2D eigenvalue weighted by molar-refractivity contribution is 0.465. The molecule has 0 aliphatic carbocycles. The molecule has 0 saturated carbocycles. The maximum atomic E-state index is 12.0. The Bertz CT molecular complexity index is 754. The van der Waals surface area contributed by atoms with Gasteiger partial charge >= 0.3 is 0 Å². The van der Waals surface area contributed by atoms with Gasteiger partial charge < -0.3 is 0 Å². The fourth-order valence-corrected chi connectivity index (χ4v) is 5.79. The van der Waals surface area contributed by atoms with Crippen molar-refractivity contribution in [2.45, 2.75) is 18.9 Å². The van der Waals surface area contributed by atoms with Crippen molar-refractivity contribution in [3.8, 4) is 0 Å². The smallest absolute Gasteiger partial charge is 0.229 e. The van der Waals surface area contributed by atoms with E-state index in [1.807, 2.05) is 0 Å². The molecule has 1 aromatic carbocycles. The van der Waals surface area contributed by atoms with Crippen molar-refractivity contribution >= 4 is 37.5 Å². The van der Waals surface area contributed by atoms with E-state index < -0.39 is 25.4 Å². The van der Waals surface area contributed by atoms with Gasteiger partial charge in [0.05, 0.1) is 11.5 Å². The molecule has 0 aromatic heterocycles. The normalized spacial score (nSPS) is 25.4. The van der Waals surface area contributed by atoms with Crippen LogP contribution in [0, 0.1) is 0 Å². The van der Waals surface area contributed by atoms with Crippen LogP contribution < -0.4 is 4.72 Å². The molecule has 1 aliphatic heterocycles. The van der Waals surface area contributed by atoms with Crippen molar-refractivity contribution in [2.24, 2.45) is 0 Å². The molecule has 1 saturated heterocycles. The van der Waals surface area contributed by atoms with E-state index in [2.05, 4.69) is 4.72 Å². The number of sulfone groups is 1. The Balaban J connectivity index is 2.11. The first-order valence-electron chi connectivity index (χ1n) is 6.27. The molecule has 0 radical (unpaired) electrons. The minimum atomic E-state index is -3.71. The molecule has 8 heteroatoms. The zero-order valence-electron chi connectivity index (χ0n) is 11.4. The van der Waals surface area contributed by atoms with Crippen molar-refractivity contribution in [3.63, 3.8) is 0 Å². The Morgan fingerprint density at radius 1 is 1.29 bits per heavy atom. The highest BCUT2D eigenvalue weighted by molar-refractivity contribution is 7.93. The maximum absolute atomic E-state index is 12.0. The van der Waals surface area contributed by atoms with E-state index in [0.717, 1.165) is 5.41 Å². The predicted octanol–water partition coefficient (Wildman–Crippen LogP) is 1.81. The van der Waals surface area contributed by atoms with E-state index in [4.69, 9.17) is 11.6 Å². The van der Waals surface area contributed by atoms with Crippen molar-refractivity contribution in [3.05, 3.63) is 40.3 Å². The number of sulfonamides is 1. The summed E-state index contributed by atoms with van der Waals surface area (Å²) >= 11 is 5.75. The third-order valence-electron chi connectivity index (χ3n) is 3.20.